The Labute approximate surface area is 117 Å². The Morgan fingerprint density at radius 3 is 2.65 bits per heavy atom. The number of aryl methyl sites for hydroxylation is 2. The largest absolute Gasteiger partial charge is 0.398 e. The summed E-state index contributed by atoms with van der Waals surface area (Å²) in [6, 6.07) is 13.4. The summed E-state index contributed by atoms with van der Waals surface area (Å²) in [6.07, 6.45) is 1.87. The van der Waals surface area contributed by atoms with Crippen molar-refractivity contribution < 1.29 is 4.79 Å². The van der Waals surface area contributed by atoms with Gasteiger partial charge in [-0.15, -0.1) is 0 Å². The highest BCUT2D eigenvalue weighted by molar-refractivity contribution is 6.18. The van der Waals surface area contributed by atoms with E-state index in [1.807, 2.05) is 61.1 Å². The van der Waals surface area contributed by atoms with Crippen molar-refractivity contribution in [3.63, 3.8) is 0 Å². The number of hydrogen-bond donors (Lipinski definition) is 1. The average molecular weight is 264 g/mol. The molecule has 0 radical (unpaired) electrons. The molecule has 0 aliphatic carbocycles. The predicted molar refractivity (Wildman–Crippen MR) is 81.9 cm³/mol. The summed E-state index contributed by atoms with van der Waals surface area (Å²) < 4.78 is 1.97. The number of aromatic nitrogens is 1. The third kappa shape index (κ3) is 1.88. The fourth-order valence-corrected chi connectivity index (χ4v) is 2.53. The molecule has 0 aliphatic rings. The third-order valence-electron chi connectivity index (χ3n) is 3.60. The number of fused-ring (bicyclic) bond motifs is 1. The molecule has 1 heterocycles. The molecule has 2 aromatic carbocycles. The first-order valence-corrected chi connectivity index (χ1v) is 6.53. The van der Waals surface area contributed by atoms with Crippen LogP contribution >= 0.6 is 0 Å². The molecule has 3 heteroatoms. The van der Waals surface area contributed by atoms with E-state index in [4.69, 9.17) is 5.73 Å². The van der Waals surface area contributed by atoms with Crippen LogP contribution in [0.15, 0.2) is 48.7 Å². The maximum atomic E-state index is 12.8. The van der Waals surface area contributed by atoms with Crippen LogP contribution < -0.4 is 5.73 Å². The van der Waals surface area contributed by atoms with Crippen molar-refractivity contribution >= 4 is 22.4 Å². The summed E-state index contributed by atoms with van der Waals surface area (Å²) in [5.41, 5.74) is 9.81. The first-order valence-electron chi connectivity index (χ1n) is 6.53. The molecule has 0 fully saturated rings. The molecule has 3 nitrogen and oxygen atoms in total. The van der Waals surface area contributed by atoms with Gasteiger partial charge in [0, 0.05) is 41.0 Å². The van der Waals surface area contributed by atoms with Gasteiger partial charge in [0.05, 0.1) is 0 Å². The second kappa shape index (κ2) is 4.53. The van der Waals surface area contributed by atoms with Gasteiger partial charge in [-0.25, -0.2) is 0 Å². The summed E-state index contributed by atoms with van der Waals surface area (Å²) in [7, 11) is 1.94. The monoisotopic (exact) mass is 264 g/mol. The van der Waals surface area contributed by atoms with Crippen molar-refractivity contribution in [1.82, 2.24) is 4.57 Å². The van der Waals surface area contributed by atoms with E-state index in [2.05, 4.69) is 0 Å². The lowest BCUT2D eigenvalue weighted by atomic mass is 9.99. The van der Waals surface area contributed by atoms with Crippen molar-refractivity contribution in [1.29, 1.82) is 0 Å². The molecule has 0 saturated heterocycles. The molecular weight excluding hydrogens is 248 g/mol. The number of ketones is 1. The number of nitrogens with two attached hydrogens (primary N) is 1. The van der Waals surface area contributed by atoms with Crippen LogP contribution in [0.25, 0.3) is 10.9 Å². The van der Waals surface area contributed by atoms with E-state index in [1.54, 1.807) is 6.07 Å². The number of carbonyl (C=O) groups is 1. The van der Waals surface area contributed by atoms with Crippen LogP contribution in [-0.4, -0.2) is 10.4 Å². The predicted octanol–water partition coefficient (Wildman–Crippen LogP) is 3.30. The minimum atomic E-state index is -0.0250. The van der Waals surface area contributed by atoms with Crippen LogP contribution in [0.3, 0.4) is 0 Å². The van der Waals surface area contributed by atoms with Gasteiger partial charge < -0.3 is 10.3 Å². The zero-order valence-corrected chi connectivity index (χ0v) is 11.6. The maximum absolute atomic E-state index is 12.8. The van der Waals surface area contributed by atoms with E-state index in [1.165, 1.54) is 0 Å². The maximum Gasteiger partial charge on any atom is 0.197 e. The highest BCUT2D eigenvalue weighted by atomic mass is 16.1. The quantitative estimate of drug-likeness (QED) is 0.570. The van der Waals surface area contributed by atoms with Crippen molar-refractivity contribution in [3.8, 4) is 0 Å². The smallest absolute Gasteiger partial charge is 0.197 e. The van der Waals surface area contributed by atoms with Crippen LogP contribution in [0.2, 0.25) is 0 Å². The molecule has 2 N–H and O–H groups in total. The second-order valence-electron chi connectivity index (χ2n) is 5.09. The molecule has 0 unspecified atom stereocenters. The van der Waals surface area contributed by atoms with Gasteiger partial charge in [0.15, 0.2) is 5.78 Å². The van der Waals surface area contributed by atoms with Crippen molar-refractivity contribution in [2.24, 2.45) is 7.05 Å². The Morgan fingerprint density at radius 2 is 1.85 bits per heavy atom. The summed E-state index contributed by atoms with van der Waals surface area (Å²) in [5.74, 6) is -0.0250. The normalized spacial score (nSPS) is 10.9. The van der Waals surface area contributed by atoms with Crippen LogP contribution in [0, 0.1) is 6.92 Å². The number of carbonyl (C=O) groups excluding carboxylic acids is 1. The van der Waals surface area contributed by atoms with Gasteiger partial charge in [-0.1, -0.05) is 29.8 Å². The number of anilines is 1. The van der Waals surface area contributed by atoms with E-state index in [0.717, 1.165) is 16.5 Å². The van der Waals surface area contributed by atoms with Crippen LogP contribution in [-0.2, 0) is 7.05 Å². The second-order valence-corrected chi connectivity index (χ2v) is 5.09. The molecule has 0 aliphatic heterocycles. The number of benzene rings is 2. The molecule has 20 heavy (non-hydrogen) atoms. The molecule has 100 valence electrons. The molecule has 3 aromatic rings. The lowest BCUT2D eigenvalue weighted by Crippen LogP contribution is -2.05. The van der Waals surface area contributed by atoms with E-state index >= 15 is 0 Å². The Morgan fingerprint density at radius 1 is 1.10 bits per heavy atom. The number of rotatable bonds is 2. The Balaban J connectivity index is 2.20. The van der Waals surface area contributed by atoms with Crippen LogP contribution in [0.4, 0.5) is 5.69 Å². The Bertz CT molecular complexity index is 815. The lowest BCUT2D eigenvalue weighted by Gasteiger charge is -2.05. The molecule has 1 aromatic heterocycles. The van der Waals surface area contributed by atoms with E-state index in [9.17, 15) is 4.79 Å². The number of nitrogen functional groups attached to an aromatic ring is 1. The Kier molecular flexibility index (Phi) is 2.83. The summed E-state index contributed by atoms with van der Waals surface area (Å²) >= 11 is 0. The summed E-state index contributed by atoms with van der Waals surface area (Å²) in [4.78, 5) is 12.8. The molecule has 0 atom stereocenters. The fraction of sp³-hybridized carbons (Fsp3) is 0.118. The number of nitrogens with zero attached hydrogens (tertiary/aromatic N) is 1. The van der Waals surface area contributed by atoms with Gasteiger partial charge >= 0.3 is 0 Å². The standard InChI is InChI=1S/C17H16N2O/c1-11-7-8-15(18)13(9-11)17(20)14-10-19(2)16-6-4-3-5-12(14)16/h3-10H,18H2,1-2H3. The van der Waals surface area contributed by atoms with Gasteiger partial charge in [0.2, 0.25) is 0 Å². The van der Waals surface area contributed by atoms with Crippen molar-refractivity contribution in [2.75, 3.05) is 5.73 Å². The summed E-state index contributed by atoms with van der Waals surface area (Å²) in [5, 5.41) is 0.959. The molecule has 0 amide bonds. The number of para-hydroxylation sites is 1. The molecular formula is C17H16N2O. The molecule has 3 rings (SSSR count). The first-order chi connectivity index (χ1) is 9.58. The Hall–Kier alpha value is -2.55. The van der Waals surface area contributed by atoms with Crippen molar-refractivity contribution in [3.05, 3.63) is 65.4 Å². The van der Waals surface area contributed by atoms with Gasteiger partial charge in [-0.3, -0.25) is 4.79 Å². The highest BCUT2D eigenvalue weighted by Gasteiger charge is 2.17. The lowest BCUT2D eigenvalue weighted by molar-refractivity contribution is 0.104. The van der Waals surface area contributed by atoms with Crippen LogP contribution in [0.1, 0.15) is 21.5 Å². The zero-order chi connectivity index (χ0) is 14.3. The van der Waals surface area contributed by atoms with E-state index in [0.29, 0.717) is 16.8 Å². The third-order valence-corrected chi connectivity index (χ3v) is 3.60. The molecule has 0 spiro atoms. The number of hydrogen-bond acceptors (Lipinski definition) is 2. The van der Waals surface area contributed by atoms with E-state index in [-0.39, 0.29) is 5.78 Å². The van der Waals surface area contributed by atoms with Gasteiger partial charge in [0.25, 0.3) is 0 Å². The first kappa shape index (κ1) is 12.5. The average Bonchev–Trinajstić information content (AvgIpc) is 2.79. The molecule has 0 bridgehead atoms. The highest BCUT2D eigenvalue weighted by Crippen LogP contribution is 2.25. The molecule has 0 saturated carbocycles. The van der Waals surface area contributed by atoms with E-state index < -0.39 is 0 Å². The topological polar surface area (TPSA) is 48.0 Å². The van der Waals surface area contributed by atoms with Gasteiger partial charge in [0.1, 0.15) is 0 Å². The van der Waals surface area contributed by atoms with Gasteiger partial charge in [-0.05, 0) is 25.1 Å². The zero-order valence-electron chi connectivity index (χ0n) is 11.6. The minimum Gasteiger partial charge on any atom is -0.398 e. The van der Waals surface area contributed by atoms with Gasteiger partial charge in [-0.2, -0.15) is 0 Å². The minimum absolute atomic E-state index is 0.0250. The van der Waals surface area contributed by atoms with Crippen molar-refractivity contribution in [2.45, 2.75) is 6.92 Å². The fourth-order valence-electron chi connectivity index (χ4n) is 2.53. The SMILES string of the molecule is Cc1ccc(N)c(C(=O)c2cn(C)c3ccccc23)c1. The van der Waals surface area contributed by atoms with Crippen LogP contribution in [0.5, 0.6) is 0 Å². The summed E-state index contributed by atoms with van der Waals surface area (Å²) in [6.45, 7) is 1.96.